The number of fused-ring (bicyclic) bond motifs is 1. The van der Waals surface area contributed by atoms with Crippen molar-refractivity contribution in [2.75, 3.05) is 19.6 Å². The average molecular weight is 285 g/mol. The van der Waals surface area contributed by atoms with Gasteiger partial charge in [-0.3, -0.25) is 9.59 Å². The van der Waals surface area contributed by atoms with Crippen molar-refractivity contribution in [2.24, 2.45) is 5.92 Å². The smallest absolute Gasteiger partial charge is 0.252 e. The molecule has 1 aliphatic rings. The van der Waals surface area contributed by atoms with Gasteiger partial charge in [-0.05, 0) is 37.9 Å². The molecule has 0 radical (unpaired) electrons. The second-order valence-corrected chi connectivity index (χ2v) is 5.50. The van der Waals surface area contributed by atoms with E-state index in [-0.39, 0.29) is 11.5 Å². The summed E-state index contributed by atoms with van der Waals surface area (Å²) in [7, 11) is 0. The monoisotopic (exact) mass is 285 g/mol. The second-order valence-electron chi connectivity index (χ2n) is 5.50. The largest absolute Gasteiger partial charge is 0.352 e. The molecule has 1 aromatic carbocycles. The van der Waals surface area contributed by atoms with Crippen molar-refractivity contribution in [3.8, 4) is 0 Å². The Labute approximate surface area is 122 Å². The summed E-state index contributed by atoms with van der Waals surface area (Å²) in [6, 6.07) is 8.74. The van der Waals surface area contributed by atoms with Gasteiger partial charge < -0.3 is 15.6 Å². The maximum Gasteiger partial charge on any atom is 0.252 e. The number of H-pyrrole nitrogens is 1. The van der Waals surface area contributed by atoms with E-state index in [0.29, 0.717) is 23.5 Å². The molecule has 1 fully saturated rings. The van der Waals surface area contributed by atoms with Gasteiger partial charge in [0.25, 0.3) is 5.91 Å². The van der Waals surface area contributed by atoms with Crippen molar-refractivity contribution in [1.82, 2.24) is 15.6 Å². The third kappa shape index (κ3) is 3.13. The molecule has 0 bridgehead atoms. The van der Waals surface area contributed by atoms with Crippen LogP contribution < -0.4 is 16.2 Å². The Balaban J connectivity index is 1.79. The minimum atomic E-state index is -0.249. The van der Waals surface area contributed by atoms with Gasteiger partial charge in [-0.25, -0.2) is 0 Å². The first-order valence-corrected chi connectivity index (χ1v) is 7.35. The average Bonchev–Trinajstić information content (AvgIpc) is 2.52. The normalized spacial score (nSPS) is 16.0. The first-order valence-electron chi connectivity index (χ1n) is 7.35. The van der Waals surface area contributed by atoms with Crippen LogP contribution in [-0.2, 0) is 0 Å². The van der Waals surface area contributed by atoms with Gasteiger partial charge in [0.15, 0.2) is 0 Å². The number of hydrogen-bond acceptors (Lipinski definition) is 3. The summed E-state index contributed by atoms with van der Waals surface area (Å²) in [5.74, 6) is 0.347. The van der Waals surface area contributed by atoms with Crippen LogP contribution in [0.2, 0.25) is 0 Å². The minimum absolute atomic E-state index is 0.171. The molecule has 0 aliphatic carbocycles. The van der Waals surface area contributed by atoms with E-state index in [0.717, 1.165) is 31.3 Å². The fourth-order valence-electron chi connectivity index (χ4n) is 2.81. The third-order valence-electron chi connectivity index (χ3n) is 4.01. The number of benzene rings is 1. The Morgan fingerprint density at radius 1 is 1.24 bits per heavy atom. The summed E-state index contributed by atoms with van der Waals surface area (Å²) in [4.78, 5) is 26.8. The maximum atomic E-state index is 12.4. The molecule has 5 nitrogen and oxygen atoms in total. The number of rotatable bonds is 3. The molecule has 1 saturated heterocycles. The van der Waals surface area contributed by atoms with Crippen molar-refractivity contribution in [3.63, 3.8) is 0 Å². The van der Waals surface area contributed by atoms with Crippen LogP contribution >= 0.6 is 0 Å². The van der Waals surface area contributed by atoms with Crippen LogP contribution in [0.4, 0.5) is 0 Å². The van der Waals surface area contributed by atoms with E-state index >= 15 is 0 Å². The first-order chi connectivity index (χ1) is 10.2. The van der Waals surface area contributed by atoms with Gasteiger partial charge in [0.2, 0.25) is 5.56 Å². The van der Waals surface area contributed by atoms with E-state index in [4.69, 9.17) is 0 Å². The quantitative estimate of drug-likeness (QED) is 0.795. The molecule has 1 aromatic heterocycles. The molecule has 0 saturated carbocycles. The van der Waals surface area contributed by atoms with E-state index in [1.54, 1.807) is 6.07 Å². The Morgan fingerprint density at radius 3 is 2.81 bits per heavy atom. The molecule has 0 unspecified atom stereocenters. The van der Waals surface area contributed by atoms with Crippen molar-refractivity contribution >= 4 is 16.8 Å². The third-order valence-corrected chi connectivity index (χ3v) is 4.01. The number of amides is 1. The molecule has 2 aromatic rings. The highest BCUT2D eigenvalue weighted by Gasteiger charge is 2.16. The molecular formula is C16H19N3O2. The van der Waals surface area contributed by atoms with Gasteiger partial charge >= 0.3 is 0 Å². The molecule has 0 atom stereocenters. The van der Waals surface area contributed by atoms with Crippen LogP contribution in [-0.4, -0.2) is 30.5 Å². The number of para-hydroxylation sites is 1. The van der Waals surface area contributed by atoms with Gasteiger partial charge in [-0.15, -0.1) is 0 Å². The molecule has 110 valence electrons. The van der Waals surface area contributed by atoms with Crippen LogP contribution in [0.5, 0.6) is 0 Å². The highest BCUT2D eigenvalue weighted by Crippen LogP contribution is 2.15. The summed E-state index contributed by atoms with van der Waals surface area (Å²) < 4.78 is 0. The maximum absolute atomic E-state index is 12.4. The van der Waals surface area contributed by atoms with Crippen molar-refractivity contribution < 1.29 is 4.79 Å². The van der Waals surface area contributed by atoms with Crippen LogP contribution in [0.3, 0.4) is 0 Å². The number of hydrogen-bond donors (Lipinski definition) is 3. The summed E-state index contributed by atoms with van der Waals surface area (Å²) in [6.07, 6.45) is 2.16. The number of piperidine rings is 1. The van der Waals surface area contributed by atoms with Crippen LogP contribution in [0.1, 0.15) is 23.2 Å². The van der Waals surface area contributed by atoms with E-state index in [9.17, 15) is 9.59 Å². The van der Waals surface area contributed by atoms with Crippen LogP contribution in [0, 0.1) is 5.92 Å². The van der Waals surface area contributed by atoms with Gasteiger partial charge in [0.1, 0.15) is 0 Å². The van der Waals surface area contributed by atoms with E-state index in [2.05, 4.69) is 15.6 Å². The Hall–Kier alpha value is -2.14. The first kappa shape index (κ1) is 13.8. The van der Waals surface area contributed by atoms with Crippen molar-refractivity contribution in [2.45, 2.75) is 12.8 Å². The molecule has 21 heavy (non-hydrogen) atoms. The van der Waals surface area contributed by atoms with Crippen molar-refractivity contribution in [1.29, 1.82) is 0 Å². The van der Waals surface area contributed by atoms with Crippen LogP contribution in [0.25, 0.3) is 10.9 Å². The zero-order chi connectivity index (χ0) is 14.7. The zero-order valence-electron chi connectivity index (χ0n) is 11.8. The molecule has 1 amide bonds. The summed E-state index contributed by atoms with van der Waals surface area (Å²) in [5.41, 5.74) is 0.890. The lowest BCUT2D eigenvalue weighted by atomic mass is 9.98. The zero-order valence-corrected chi connectivity index (χ0v) is 11.8. The molecule has 2 heterocycles. The minimum Gasteiger partial charge on any atom is -0.352 e. The van der Waals surface area contributed by atoms with Gasteiger partial charge in [0.05, 0.1) is 5.56 Å². The summed E-state index contributed by atoms with van der Waals surface area (Å²) in [5, 5.41) is 7.05. The Bertz CT molecular complexity index is 702. The number of carbonyl (C=O) groups is 1. The Morgan fingerprint density at radius 2 is 2.00 bits per heavy atom. The summed E-state index contributed by atoms with van der Waals surface area (Å²) in [6.45, 7) is 2.69. The Kier molecular flexibility index (Phi) is 4.01. The number of carbonyl (C=O) groups excluding carboxylic acids is 1. The fraction of sp³-hybridized carbons (Fsp3) is 0.375. The predicted molar refractivity (Wildman–Crippen MR) is 82.5 cm³/mol. The SMILES string of the molecule is O=C(NCC1CCNCC1)c1cc(=O)[nH]c2ccccc12. The molecule has 3 N–H and O–H groups in total. The topological polar surface area (TPSA) is 74.0 Å². The molecule has 1 aliphatic heterocycles. The van der Waals surface area contributed by atoms with Crippen LogP contribution in [0.15, 0.2) is 35.1 Å². The number of aromatic amines is 1. The lowest BCUT2D eigenvalue weighted by molar-refractivity contribution is 0.0945. The van der Waals surface area contributed by atoms with Gasteiger partial charge in [-0.2, -0.15) is 0 Å². The molecule has 0 spiro atoms. The van der Waals surface area contributed by atoms with Gasteiger partial charge in [0, 0.05) is 23.5 Å². The summed E-state index contributed by atoms with van der Waals surface area (Å²) >= 11 is 0. The standard InChI is InChI=1S/C16H19N3O2/c20-15-9-13(12-3-1-2-4-14(12)19-15)16(21)18-10-11-5-7-17-8-6-11/h1-4,9,11,17H,5-8,10H2,(H,18,21)(H,19,20). The lowest BCUT2D eigenvalue weighted by Gasteiger charge is -2.22. The van der Waals surface area contributed by atoms with E-state index in [1.807, 2.05) is 18.2 Å². The lowest BCUT2D eigenvalue weighted by Crippen LogP contribution is -2.36. The number of nitrogens with one attached hydrogen (secondary N) is 3. The number of pyridine rings is 1. The molecular weight excluding hydrogens is 266 g/mol. The fourth-order valence-corrected chi connectivity index (χ4v) is 2.81. The van der Waals surface area contributed by atoms with Gasteiger partial charge in [-0.1, -0.05) is 18.2 Å². The van der Waals surface area contributed by atoms with E-state index < -0.39 is 0 Å². The van der Waals surface area contributed by atoms with Crippen molar-refractivity contribution in [3.05, 3.63) is 46.2 Å². The number of aromatic nitrogens is 1. The predicted octanol–water partition coefficient (Wildman–Crippen LogP) is 1.26. The second kappa shape index (κ2) is 6.10. The molecule has 5 heteroatoms. The highest BCUT2D eigenvalue weighted by molar-refractivity contribution is 6.05. The highest BCUT2D eigenvalue weighted by atomic mass is 16.2. The van der Waals surface area contributed by atoms with E-state index in [1.165, 1.54) is 6.07 Å². The molecule has 3 rings (SSSR count).